The Morgan fingerprint density at radius 3 is 0.549 bits per heavy atom. The summed E-state index contributed by atoms with van der Waals surface area (Å²) >= 11 is 0. The van der Waals surface area contributed by atoms with Crippen molar-refractivity contribution in [3.05, 3.63) is 199 Å². The van der Waals surface area contributed by atoms with Crippen LogP contribution in [0.2, 0.25) is 0 Å². The molecular weight excluding hydrogens is 625 g/mol. The van der Waals surface area contributed by atoms with E-state index in [-0.39, 0.29) is 16.7 Å². The summed E-state index contributed by atoms with van der Waals surface area (Å²) in [5, 5.41) is 34.1. The number of nitriles is 3. The molecule has 0 aliphatic heterocycles. The molecule has 0 saturated heterocycles. The quantitative estimate of drug-likeness (QED) is 0.154. The van der Waals surface area contributed by atoms with Crippen molar-refractivity contribution < 1.29 is 0 Å². The molecule has 240 valence electrons. The van der Waals surface area contributed by atoms with Gasteiger partial charge in [0.2, 0.25) is 0 Å². The lowest BCUT2D eigenvalue weighted by atomic mass is 9.93. The normalized spacial score (nSPS) is 10.3. The maximum absolute atomic E-state index is 11.4. The number of para-hydroxylation sites is 6. The summed E-state index contributed by atoms with van der Waals surface area (Å²) in [6, 6.07) is 65.6. The van der Waals surface area contributed by atoms with Gasteiger partial charge in [-0.05, 0) is 72.8 Å². The molecule has 0 atom stereocenters. The molecule has 0 amide bonds. The molecule has 51 heavy (non-hydrogen) atoms. The van der Waals surface area contributed by atoms with Gasteiger partial charge in [-0.1, -0.05) is 109 Å². The molecule has 0 heterocycles. The van der Waals surface area contributed by atoms with Gasteiger partial charge in [0.05, 0.1) is 17.1 Å². The monoisotopic (exact) mass is 654 g/mol. The van der Waals surface area contributed by atoms with Gasteiger partial charge in [0.1, 0.15) is 34.9 Å². The van der Waals surface area contributed by atoms with Gasteiger partial charge in [0.15, 0.2) is 0 Å². The smallest absolute Gasteiger partial charge is 0.104 e. The molecule has 0 bridgehead atoms. The van der Waals surface area contributed by atoms with E-state index in [0.717, 1.165) is 34.1 Å². The molecule has 7 aromatic carbocycles. The van der Waals surface area contributed by atoms with Crippen LogP contribution in [-0.4, -0.2) is 0 Å². The van der Waals surface area contributed by atoms with E-state index in [2.05, 4.69) is 18.2 Å². The van der Waals surface area contributed by atoms with Crippen LogP contribution in [-0.2, 0) is 0 Å². The summed E-state index contributed by atoms with van der Waals surface area (Å²) in [5.41, 5.74) is 6.07. The first-order chi connectivity index (χ1) is 25.2. The highest BCUT2D eigenvalue weighted by Gasteiger charge is 2.35. The van der Waals surface area contributed by atoms with Crippen molar-refractivity contribution in [2.75, 3.05) is 14.7 Å². The Morgan fingerprint density at radius 2 is 0.412 bits per heavy atom. The molecule has 7 rings (SSSR count). The van der Waals surface area contributed by atoms with E-state index < -0.39 is 0 Å². The van der Waals surface area contributed by atoms with E-state index >= 15 is 0 Å². The van der Waals surface area contributed by atoms with Crippen LogP contribution in [0.3, 0.4) is 0 Å². The molecule has 0 radical (unpaired) electrons. The minimum absolute atomic E-state index is 0.174. The zero-order chi connectivity index (χ0) is 35.0. The number of benzene rings is 7. The molecule has 6 nitrogen and oxygen atoms in total. The van der Waals surface area contributed by atoms with Crippen molar-refractivity contribution in [1.29, 1.82) is 15.8 Å². The van der Waals surface area contributed by atoms with Crippen molar-refractivity contribution in [2.45, 2.75) is 0 Å². The second-order valence-corrected chi connectivity index (χ2v) is 11.5. The number of anilines is 9. The van der Waals surface area contributed by atoms with Gasteiger partial charge in [0, 0.05) is 34.1 Å². The zero-order valence-electron chi connectivity index (χ0n) is 27.5. The molecule has 0 saturated carbocycles. The maximum Gasteiger partial charge on any atom is 0.104 e. The number of nitrogens with zero attached hydrogens (tertiary/aromatic N) is 6. The van der Waals surface area contributed by atoms with Crippen LogP contribution in [0.4, 0.5) is 51.2 Å². The van der Waals surface area contributed by atoms with Gasteiger partial charge >= 0.3 is 0 Å². The molecule has 0 fully saturated rings. The minimum Gasteiger partial charge on any atom is -0.308 e. The SMILES string of the molecule is N#Cc1c(N(c2ccccc2)c2ccccc2)c(C#N)c(N(c2ccccc2)c2ccccc2)c(C#N)c1N(c1ccccc1)c1ccccc1. The van der Waals surface area contributed by atoms with Crippen LogP contribution in [0, 0.1) is 34.0 Å². The number of hydrogen-bond donors (Lipinski definition) is 0. The van der Waals surface area contributed by atoms with E-state index in [4.69, 9.17) is 0 Å². The predicted octanol–water partition coefficient (Wildman–Crippen LogP) is 11.7. The van der Waals surface area contributed by atoms with Crippen molar-refractivity contribution in [3.8, 4) is 18.2 Å². The van der Waals surface area contributed by atoms with Crippen LogP contribution >= 0.6 is 0 Å². The van der Waals surface area contributed by atoms with E-state index in [1.807, 2.05) is 197 Å². The molecule has 6 heteroatoms. The van der Waals surface area contributed by atoms with Gasteiger partial charge in [-0.2, -0.15) is 15.8 Å². The summed E-state index contributed by atoms with van der Waals surface area (Å²) < 4.78 is 0. The van der Waals surface area contributed by atoms with Gasteiger partial charge in [-0.15, -0.1) is 0 Å². The second-order valence-electron chi connectivity index (χ2n) is 11.5. The van der Waals surface area contributed by atoms with Crippen molar-refractivity contribution in [1.82, 2.24) is 0 Å². The Morgan fingerprint density at radius 1 is 0.255 bits per heavy atom. The van der Waals surface area contributed by atoms with Gasteiger partial charge in [-0.25, -0.2) is 0 Å². The average Bonchev–Trinajstić information content (AvgIpc) is 3.21. The van der Waals surface area contributed by atoms with E-state index in [0.29, 0.717) is 17.1 Å². The lowest BCUT2D eigenvalue weighted by Gasteiger charge is -2.36. The second kappa shape index (κ2) is 14.7. The standard InChI is InChI=1S/C45H30N6/c46-31-40-43(49(34-19-7-1-8-20-34)35-21-9-2-10-22-35)41(32-47)45(51(38-27-15-5-16-28-38)39-29-17-6-18-30-39)42(33-48)44(40)50(36-23-11-3-12-24-36)37-25-13-4-14-26-37/h1-30H. The first-order valence-corrected chi connectivity index (χ1v) is 16.4. The van der Waals surface area contributed by atoms with Crippen LogP contribution in [0.5, 0.6) is 0 Å². The molecule has 0 N–H and O–H groups in total. The lowest BCUT2D eigenvalue weighted by Crippen LogP contribution is -2.22. The first kappa shape index (κ1) is 32.0. The summed E-state index contributed by atoms with van der Waals surface area (Å²) in [6.07, 6.45) is 0. The highest BCUT2D eigenvalue weighted by atomic mass is 15.2. The predicted molar refractivity (Wildman–Crippen MR) is 205 cm³/mol. The minimum atomic E-state index is 0.174. The lowest BCUT2D eigenvalue weighted by molar-refractivity contribution is 1.18. The van der Waals surface area contributed by atoms with Crippen molar-refractivity contribution in [3.63, 3.8) is 0 Å². The Balaban J connectivity index is 1.73. The molecule has 0 aliphatic rings. The summed E-state index contributed by atoms with van der Waals surface area (Å²) in [6.45, 7) is 0. The third-order valence-electron chi connectivity index (χ3n) is 8.51. The van der Waals surface area contributed by atoms with Crippen LogP contribution in [0.25, 0.3) is 0 Å². The fraction of sp³-hybridized carbons (Fsp3) is 0. The third kappa shape index (κ3) is 6.12. The molecule has 0 aliphatic carbocycles. The third-order valence-corrected chi connectivity index (χ3v) is 8.51. The highest BCUT2D eigenvalue weighted by Crippen LogP contribution is 2.53. The first-order valence-electron chi connectivity index (χ1n) is 16.4. The highest BCUT2D eigenvalue weighted by molar-refractivity contribution is 6.02. The fourth-order valence-electron chi connectivity index (χ4n) is 6.38. The van der Waals surface area contributed by atoms with Crippen LogP contribution < -0.4 is 14.7 Å². The maximum atomic E-state index is 11.4. The van der Waals surface area contributed by atoms with Crippen molar-refractivity contribution >= 4 is 51.2 Å². The van der Waals surface area contributed by atoms with E-state index in [9.17, 15) is 15.8 Å². The van der Waals surface area contributed by atoms with E-state index in [1.165, 1.54) is 0 Å². The van der Waals surface area contributed by atoms with Crippen LogP contribution in [0.15, 0.2) is 182 Å². The summed E-state index contributed by atoms with van der Waals surface area (Å²) in [5.74, 6) is 0. The van der Waals surface area contributed by atoms with E-state index in [1.54, 1.807) is 0 Å². The molecular formula is C45H30N6. The number of hydrogen-bond acceptors (Lipinski definition) is 6. The Bertz CT molecular complexity index is 1970. The van der Waals surface area contributed by atoms with Gasteiger partial charge in [0.25, 0.3) is 0 Å². The average molecular weight is 655 g/mol. The molecule has 0 spiro atoms. The summed E-state index contributed by atoms with van der Waals surface area (Å²) in [7, 11) is 0. The van der Waals surface area contributed by atoms with Crippen LogP contribution in [0.1, 0.15) is 16.7 Å². The fourth-order valence-corrected chi connectivity index (χ4v) is 6.38. The number of rotatable bonds is 9. The summed E-state index contributed by atoms with van der Waals surface area (Å²) in [4.78, 5) is 5.81. The van der Waals surface area contributed by atoms with Gasteiger partial charge in [-0.3, -0.25) is 0 Å². The molecule has 0 aromatic heterocycles. The Hall–Kier alpha value is -7.59. The Labute approximate surface area is 297 Å². The Kier molecular flexibility index (Phi) is 9.20. The molecule has 7 aromatic rings. The zero-order valence-corrected chi connectivity index (χ0v) is 27.5. The molecule has 0 unspecified atom stereocenters. The topological polar surface area (TPSA) is 81.1 Å². The van der Waals surface area contributed by atoms with Gasteiger partial charge < -0.3 is 14.7 Å². The largest absolute Gasteiger partial charge is 0.308 e. The van der Waals surface area contributed by atoms with Crippen molar-refractivity contribution in [2.24, 2.45) is 0 Å².